The average molecular weight is 266 g/mol. The number of phenolic OH excluding ortho intramolecular Hbond substituents is 1. The Bertz CT molecular complexity index is 445. The van der Waals surface area contributed by atoms with Gasteiger partial charge < -0.3 is 15.3 Å². The zero-order valence-electron chi connectivity index (χ0n) is 10.9. The van der Waals surface area contributed by atoms with Crippen molar-refractivity contribution < 1.29 is 14.3 Å². The van der Waals surface area contributed by atoms with Crippen molar-refractivity contribution in [1.29, 1.82) is 0 Å². The molecular weight excluding hydrogens is 247 g/mol. The zero-order chi connectivity index (χ0) is 13.7. The van der Waals surface area contributed by atoms with E-state index in [1.54, 1.807) is 12.1 Å². The molecule has 104 valence electrons. The van der Waals surface area contributed by atoms with Crippen molar-refractivity contribution in [2.75, 3.05) is 19.6 Å². The lowest BCUT2D eigenvalue weighted by Gasteiger charge is -2.26. The third-order valence-electron chi connectivity index (χ3n) is 3.37. The van der Waals surface area contributed by atoms with E-state index < -0.39 is 5.82 Å². The molecule has 0 bridgehead atoms. The van der Waals surface area contributed by atoms with Crippen molar-refractivity contribution in [3.63, 3.8) is 0 Å². The summed E-state index contributed by atoms with van der Waals surface area (Å²) in [5, 5.41) is 12.5. The van der Waals surface area contributed by atoms with Crippen molar-refractivity contribution in [1.82, 2.24) is 10.2 Å². The molecule has 0 aromatic heterocycles. The molecule has 1 aromatic carbocycles. The molecule has 1 aliphatic rings. The van der Waals surface area contributed by atoms with Crippen LogP contribution >= 0.6 is 0 Å². The van der Waals surface area contributed by atoms with E-state index in [9.17, 15) is 14.3 Å². The van der Waals surface area contributed by atoms with Crippen molar-refractivity contribution in [3.05, 3.63) is 29.6 Å². The number of aromatic hydroxyl groups is 1. The predicted molar refractivity (Wildman–Crippen MR) is 70.2 cm³/mol. The summed E-state index contributed by atoms with van der Waals surface area (Å²) in [4.78, 5) is 13.7. The highest BCUT2D eigenvalue weighted by atomic mass is 19.1. The summed E-state index contributed by atoms with van der Waals surface area (Å²) in [6.45, 7) is 2.15. The van der Waals surface area contributed by atoms with Gasteiger partial charge >= 0.3 is 0 Å². The quantitative estimate of drug-likeness (QED) is 0.871. The number of rotatable bonds is 4. The summed E-state index contributed by atoms with van der Waals surface area (Å²) in [5.41, 5.74) is 0.464. The van der Waals surface area contributed by atoms with E-state index in [0.29, 0.717) is 5.56 Å². The Morgan fingerprint density at radius 3 is 2.79 bits per heavy atom. The van der Waals surface area contributed by atoms with Crippen molar-refractivity contribution >= 4 is 5.91 Å². The molecule has 1 heterocycles. The summed E-state index contributed by atoms with van der Waals surface area (Å²) in [6, 6.07) is 4.38. The van der Waals surface area contributed by atoms with Crippen LogP contribution in [-0.4, -0.2) is 35.5 Å². The summed E-state index contributed by atoms with van der Waals surface area (Å²) in [6.07, 6.45) is 3.32. The van der Waals surface area contributed by atoms with E-state index in [4.69, 9.17) is 0 Å². The molecule has 0 spiro atoms. The number of likely N-dealkylation sites (tertiary alicyclic amines) is 1. The second-order valence-electron chi connectivity index (χ2n) is 4.79. The maximum atomic E-state index is 13.1. The van der Waals surface area contributed by atoms with E-state index >= 15 is 0 Å². The lowest BCUT2D eigenvalue weighted by molar-refractivity contribution is -0.131. The third kappa shape index (κ3) is 3.67. The van der Waals surface area contributed by atoms with E-state index in [1.807, 2.05) is 4.90 Å². The molecule has 1 aromatic rings. The highest BCUT2D eigenvalue weighted by Gasteiger charge is 2.16. The van der Waals surface area contributed by atoms with E-state index in [2.05, 4.69) is 5.32 Å². The van der Waals surface area contributed by atoms with Gasteiger partial charge in [0.25, 0.3) is 0 Å². The SMILES string of the molecule is O=C(CNCc1cccc(F)c1O)N1CCCCC1. The molecule has 0 atom stereocenters. The number of para-hydroxylation sites is 1. The number of halogens is 1. The first-order valence-electron chi connectivity index (χ1n) is 6.63. The van der Waals surface area contributed by atoms with Crippen LogP contribution in [0.25, 0.3) is 0 Å². The standard InChI is InChI=1S/C14H19FN2O2/c15-12-6-4-5-11(14(12)19)9-16-10-13(18)17-7-2-1-3-8-17/h4-6,16,19H,1-3,7-10H2. The molecule has 0 radical (unpaired) electrons. The second-order valence-corrected chi connectivity index (χ2v) is 4.79. The topological polar surface area (TPSA) is 52.6 Å². The minimum atomic E-state index is -0.637. The van der Waals surface area contributed by atoms with Crippen molar-refractivity contribution in [2.24, 2.45) is 0 Å². The molecule has 1 saturated heterocycles. The number of phenols is 1. The Hall–Kier alpha value is -1.62. The van der Waals surface area contributed by atoms with Gasteiger partial charge in [-0.2, -0.15) is 0 Å². The van der Waals surface area contributed by atoms with Gasteiger partial charge in [0.15, 0.2) is 11.6 Å². The molecule has 5 heteroatoms. The first-order chi connectivity index (χ1) is 9.18. The number of nitrogens with zero attached hydrogens (tertiary/aromatic N) is 1. The van der Waals surface area contributed by atoms with Crippen LogP contribution in [0.15, 0.2) is 18.2 Å². The van der Waals surface area contributed by atoms with Gasteiger partial charge in [0.2, 0.25) is 5.91 Å². The van der Waals surface area contributed by atoms with E-state index in [0.717, 1.165) is 25.9 Å². The molecule has 2 N–H and O–H groups in total. The van der Waals surface area contributed by atoms with Crippen LogP contribution in [0.5, 0.6) is 5.75 Å². The Morgan fingerprint density at radius 1 is 1.32 bits per heavy atom. The Balaban J connectivity index is 1.79. The lowest BCUT2D eigenvalue weighted by atomic mass is 10.1. The number of amides is 1. The van der Waals surface area contributed by atoms with Crippen LogP contribution < -0.4 is 5.32 Å². The number of nitrogens with one attached hydrogen (secondary N) is 1. The van der Waals surface area contributed by atoms with Crippen molar-refractivity contribution in [2.45, 2.75) is 25.8 Å². The Labute approximate surface area is 112 Å². The Kier molecular flexibility index (Phi) is 4.74. The highest BCUT2D eigenvalue weighted by Crippen LogP contribution is 2.20. The van der Waals surface area contributed by atoms with Gasteiger partial charge in [-0.05, 0) is 25.3 Å². The lowest BCUT2D eigenvalue weighted by Crippen LogP contribution is -2.40. The Morgan fingerprint density at radius 2 is 2.05 bits per heavy atom. The largest absolute Gasteiger partial charge is 0.505 e. The van der Waals surface area contributed by atoms with Gasteiger partial charge in [0, 0.05) is 25.2 Å². The molecule has 4 nitrogen and oxygen atoms in total. The molecule has 1 aliphatic heterocycles. The molecule has 2 rings (SSSR count). The number of piperidine rings is 1. The number of benzene rings is 1. The summed E-state index contributed by atoms with van der Waals surface area (Å²) < 4.78 is 13.1. The minimum absolute atomic E-state index is 0.0654. The van der Waals surface area contributed by atoms with Gasteiger partial charge in [-0.25, -0.2) is 4.39 Å². The molecule has 0 aliphatic carbocycles. The van der Waals surface area contributed by atoms with Crippen LogP contribution in [0.3, 0.4) is 0 Å². The van der Waals surface area contributed by atoms with Gasteiger partial charge in [0.1, 0.15) is 0 Å². The summed E-state index contributed by atoms with van der Waals surface area (Å²) >= 11 is 0. The van der Waals surface area contributed by atoms with Gasteiger partial charge in [-0.3, -0.25) is 4.79 Å². The zero-order valence-corrected chi connectivity index (χ0v) is 10.9. The van der Waals surface area contributed by atoms with E-state index in [-0.39, 0.29) is 24.7 Å². The molecule has 0 unspecified atom stereocenters. The van der Waals surface area contributed by atoms with Crippen molar-refractivity contribution in [3.8, 4) is 5.75 Å². The molecular formula is C14H19FN2O2. The van der Waals surface area contributed by atoms with Crippen LogP contribution in [0.2, 0.25) is 0 Å². The number of hydrogen-bond acceptors (Lipinski definition) is 3. The van der Waals surface area contributed by atoms with Gasteiger partial charge in [0.05, 0.1) is 6.54 Å². The summed E-state index contributed by atoms with van der Waals surface area (Å²) in [5.74, 6) is -0.919. The number of hydrogen-bond donors (Lipinski definition) is 2. The fraction of sp³-hybridized carbons (Fsp3) is 0.500. The number of carbonyl (C=O) groups is 1. The van der Waals surface area contributed by atoms with E-state index in [1.165, 1.54) is 12.5 Å². The van der Waals surface area contributed by atoms with Crippen LogP contribution in [0.1, 0.15) is 24.8 Å². The first-order valence-corrected chi connectivity index (χ1v) is 6.63. The highest BCUT2D eigenvalue weighted by molar-refractivity contribution is 5.78. The average Bonchev–Trinajstić information content (AvgIpc) is 2.44. The summed E-state index contributed by atoms with van der Waals surface area (Å²) in [7, 11) is 0. The molecule has 19 heavy (non-hydrogen) atoms. The van der Waals surface area contributed by atoms with Crippen LogP contribution in [0, 0.1) is 5.82 Å². The third-order valence-corrected chi connectivity index (χ3v) is 3.37. The normalized spacial score (nSPS) is 15.5. The maximum absolute atomic E-state index is 13.1. The predicted octanol–water partition coefficient (Wildman–Crippen LogP) is 1.63. The van der Waals surface area contributed by atoms with Gasteiger partial charge in [-0.15, -0.1) is 0 Å². The minimum Gasteiger partial charge on any atom is -0.505 e. The monoisotopic (exact) mass is 266 g/mol. The molecule has 1 fully saturated rings. The number of carbonyl (C=O) groups excluding carboxylic acids is 1. The second kappa shape index (κ2) is 6.52. The smallest absolute Gasteiger partial charge is 0.236 e. The molecule has 0 saturated carbocycles. The molecule has 1 amide bonds. The fourth-order valence-electron chi connectivity index (χ4n) is 2.26. The van der Waals surface area contributed by atoms with Crippen LogP contribution in [0.4, 0.5) is 4.39 Å². The maximum Gasteiger partial charge on any atom is 0.236 e. The first kappa shape index (κ1) is 13.8. The fourth-order valence-corrected chi connectivity index (χ4v) is 2.26. The van der Waals surface area contributed by atoms with Crippen LogP contribution in [-0.2, 0) is 11.3 Å². The van der Waals surface area contributed by atoms with Gasteiger partial charge in [-0.1, -0.05) is 12.1 Å².